The van der Waals surface area contributed by atoms with Crippen molar-refractivity contribution in [3.63, 3.8) is 0 Å². The molecule has 27 heavy (non-hydrogen) atoms. The van der Waals surface area contributed by atoms with Crippen LogP contribution in [0.25, 0.3) is 11.8 Å². The van der Waals surface area contributed by atoms with Crippen molar-refractivity contribution in [2.75, 3.05) is 0 Å². The summed E-state index contributed by atoms with van der Waals surface area (Å²) in [5.41, 5.74) is 3.13. The van der Waals surface area contributed by atoms with Gasteiger partial charge in [-0.2, -0.15) is 4.31 Å². The van der Waals surface area contributed by atoms with E-state index in [9.17, 15) is 13.2 Å². The van der Waals surface area contributed by atoms with Crippen molar-refractivity contribution in [1.82, 2.24) is 4.31 Å². The number of amides is 1. The summed E-state index contributed by atoms with van der Waals surface area (Å²) in [6.45, 7) is 1.88. The SMILES string of the molecule is Cc1ccc(S(=O)(=O)N2C(=O)c3ccccc3/C2=C\c2ccccc2)cc1. The molecule has 1 amide bonds. The second-order valence-electron chi connectivity index (χ2n) is 6.37. The van der Waals surface area contributed by atoms with Crippen molar-refractivity contribution in [3.05, 3.63) is 101 Å². The van der Waals surface area contributed by atoms with Crippen LogP contribution in [0.3, 0.4) is 0 Å². The molecule has 0 saturated heterocycles. The highest BCUT2D eigenvalue weighted by Crippen LogP contribution is 2.38. The zero-order valence-electron chi connectivity index (χ0n) is 14.7. The molecule has 134 valence electrons. The van der Waals surface area contributed by atoms with Gasteiger partial charge in [-0.3, -0.25) is 4.79 Å². The molecule has 1 heterocycles. The molecular formula is C22H17NO3S. The van der Waals surface area contributed by atoms with E-state index in [4.69, 9.17) is 0 Å². The van der Waals surface area contributed by atoms with Crippen LogP contribution in [0.4, 0.5) is 0 Å². The second kappa shape index (κ2) is 6.52. The molecule has 0 aromatic heterocycles. The zero-order chi connectivity index (χ0) is 19.0. The van der Waals surface area contributed by atoms with E-state index in [2.05, 4.69) is 0 Å². The average molecular weight is 375 g/mol. The quantitative estimate of drug-likeness (QED) is 0.684. The van der Waals surface area contributed by atoms with Crippen LogP contribution in [0.1, 0.15) is 27.0 Å². The van der Waals surface area contributed by atoms with Gasteiger partial charge in [-0.25, -0.2) is 8.42 Å². The molecular weight excluding hydrogens is 358 g/mol. The molecule has 4 nitrogen and oxygen atoms in total. The highest BCUT2D eigenvalue weighted by molar-refractivity contribution is 7.90. The predicted molar refractivity (Wildman–Crippen MR) is 105 cm³/mol. The van der Waals surface area contributed by atoms with Gasteiger partial charge in [-0.05, 0) is 36.8 Å². The molecule has 0 unspecified atom stereocenters. The molecule has 0 radical (unpaired) electrons. The number of carbonyl (C=O) groups is 1. The van der Waals surface area contributed by atoms with Crippen molar-refractivity contribution in [3.8, 4) is 0 Å². The lowest BCUT2D eigenvalue weighted by Gasteiger charge is -2.19. The van der Waals surface area contributed by atoms with Gasteiger partial charge in [0.25, 0.3) is 15.9 Å². The van der Waals surface area contributed by atoms with E-state index in [-0.39, 0.29) is 4.90 Å². The molecule has 3 aromatic rings. The highest BCUT2D eigenvalue weighted by atomic mass is 32.2. The maximum Gasteiger partial charge on any atom is 0.273 e. The Balaban J connectivity index is 1.92. The fourth-order valence-corrected chi connectivity index (χ4v) is 4.54. The lowest BCUT2D eigenvalue weighted by Crippen LogP contribution is -2.30. The van der Waals surface area contributed by atoms with Gasteiger partial charge >= 0.3 is 0 Å². The summed E-state index contributed by atoms with van der Waals surface area (Å²) < 4.78 is 27.5. The summed E-state index contributed by atoms with van der Waals surface area (Å²) in [5.74, 6) is -0.534. The standard InChI is InChI=1S/C22H17NO3S/c1-16-11-13-18(14-12-16)27(25,26)23-21(15-17-7-3-2-4-8-17)19-9-5-6-10-20(19)22(23)24/h2-15H,1H3/b21-15+. The Morgan fingerprint density at radius 2 is 1.37 bits per heavy atom. The molecule has 0 fully saturated rings. The van der Waals surface area contributed by atoms with Gasteiger partial charge in [-0.1, -0.05) is 66.2 Å². The van der Waals surface area contributed by atoms with Gasteiger partial charge < -0.3 is 0 Å². The minimum atomic E-state index is -4.03. The largest absolute Gasteiger partial charge is 0.273 e. The Morgan fingerprint density at radius 3 is 2.04 bits per heavy atom. The first-order valence-corrected chi connectivity index (χ1v) is 9.95. The first kappa shape index (κ1) is 17.2. The summed E-state index contributed by atoms with van der Waals surface area (Å²) in [6, 6.07) is 22.8. The maximum atomic E-state index is 13.3. The number of nitrogens with zero attached hydrogens (tertiary/aromatic N) is 1. The van der Waals surface area contributed by atoms with E-state index >= 15 is 0 Å². The number of sulfonamides is 1. The normalized spacial score (nSPS) is 15.2. The molecule has 1 aliphatic heterocycles. The molecule has 4 rings (SSSR count). The number of carbonyl (C=O) groups excluding carboxylic acids is 1. The van der Waals surface area contributed by atoms with E-state index in [1.54, 1.807) is 42.5 Å². The third-order valence-electron chi connectivity index (χ3n) is 4.50. The van der Waals surface area contributed by atoms with E-state index in [0.29, 0.717) is 16.8 Å². The first-order chi connectivity index (χ1) is 13.0. The summed E-state index contributed by atoms with van der Waals surface area (Å²) in [5, 5.41) is 0. The van der Waals surface area contributed by atoms with Crippen molar-refractivity contribution < 1.29 is 13.2 Å². The molecule has 3 aromatic carbocycles. The lowest BCUT2D eigenvalue weighted by molar-refractivity contribution is 0.0917. The molecule has 0 atom stereocenters. The van der Waals surface area contributed by atoms with Crippen molar-refractivity contribution in [1.29, 1.82) is 0 Å². The van der Waals surface area contributed by atoms with Crippen LogP contribution in [0.2, 0.25) is 0 Å². The topological polar surface area (TPSA) is 54.5 Å². The van der Waals surface area contributed by atoms with E-state index in [1.807, 2.05) is 37.3 Å². The summed E-state index contributed by atoms with van der Waals surface area (Å²) >= 11 is 0. The third kappa shape index (κ3) is 2.96. The van der Waals surface area contributed by atoms with Crippen LogP contribution < -0.4 is 0 Å². The van der Waals surface area contributed by atoms with Crippen molar-refractivity contribution >= 4 is 27.7 Å². The van der Waals surface area contributed by atoms with Crippen LogP contribution in [0.15, 0.2) is 83.8 Å². The summed E-state index contributed by atoms with van der Waals surface area (Å²) in [6.07, 6.45) is 1.73. The van der Waals surface area contributed by atoms with Crippen LogP contribution in [0, 0.1) is 6.92 Å². The van der Waals surface area contributed by atoms with E-state index in [0.717, 1.165) is 15.4 Å². The Hall–Kier alpha value is -3.18. The van der Waals surface area contributed by atoms with Crippen LogP contribution in [-0.2, 0) is 10.0 Å². The summed E-state index contributed by atoms with van der Waals surface area (Å²) in [7, 11) is -4.03. The Kier molecular flexibility index (Phi) is 4.16. The lowest BCUT2D eigenvalue weighted by atomic mass is 10.1. The molecule has 0 bridgehead atoms. The van der Waals surface area contributed by atoms with Crippen LogP contribution >= 0.6 is 0 Å². The first-order valence-electron chi connectivity index (χ1n) is 8.51. The summed E-state index contributed by atoms with van der Waals surface area (Å²) in [4.78, 5) is 13.1. The highest BCUT2D eigenvalue weighted by Gasteiger charge is 2.40. The van der Waals surface area contributed by atoms with E-state index in [1.165, 1.54) is 12.1 Å². The number of rotatable bonds is 3. The number of fused-ring (bicyclic) bond motifs is 1. The van der Waals surface area contributed by atoms with Gasteiger partial charge in [0, 0.05) is 5.56 Å². The molecule has 5 heteroatoms. The average Bonchev–Trinajstić information content (AvgIpc) is 2.96. The fourth-order valence-electron chi connectivity index (χ4n) is 3.12. The predicted octanol–water partition coefficient (Wildman–Crippen LogP) is 4.34. The van der Waals surface area contributed by atoms with Gasteiger partial charge in [0.15, 0.2) is 0 Å². The van der Waals surface area contributed by atoms with E-state index < -0.39 is 15.9 Å². The van der Waals surface area contributed by atoms with Crippen molar-refractivity contribution in [2.24, 2.45) is 0 Å². The Morgan fingerprint density at radius 1 is 0.778 bits per heavy atom. The molecule has 1 aliphatic rings. The fraction of sp³-hybridized carbons (Fsp3) is 0.0455. The van der Waals surface area contributed by atoms with Gasteiger partial charge in [0.2, 0.25) is 0 Å². The van der Waals surface area contributed by atoms with Gasteiger partial charge in [0.1, 0.15) is 0 Å². The Bertz CT molecular complexity index is 1150. The molecule has 0 saturated carbocycles. The molecule has 0 spiro atoms. The monoisotopic (exact) mass is 375 g/mol. The number of benzene rings is 3. The zero-order valence-corrected chi connectivity index (χ0v) is 15.5. The maximum absolute atomic E-state index is 13.3. The third-order valence-corrected chi connectivity index (χ3v) is 6.21. The Labute approximate surface area is 158 Å². The smallest absolute Gasteiger partial charge is 0.268 e. The van der Waals surface area contributed by atoms with Crippen LogP contribution in [0.5, 0.6) is 0 Å². The van der Waals surface area contributed by atoms with Crippen molar-refractivity contribution in [2.45, 2.75) is 11.8 Å². The van der Waals surface area contributed by atoms with Gasteiger partial charge in [0.05, 0.1) is 16.2 Å². The van der Waals surface area contributed by atoms with Gasteiger partial charge in [-0.15, -0.1) is 0 Å². The molecule has 0 N–H and O–H groups in total. The second-order valence-corrected chi connectivity index (χ2v) is 8.16. The minimum Gasteiger partial charge on any atom is -0.268 e. The number of hydrogen-bond donors (Lipinski definition) is 0. The van der Waals surface area contributed by atoms with Crippen LogP contribution in [-0.4, -0.2) is 18.6 Å². The number of hydrogen-bond acceptors (Lipinski definition) is 3. The minimum absolute atomic E-state index is 0.0909. The molecule has 0 aliphatic carbocycles. The number of aryl methyl sites for hydroxylation is 1.